The Kier molecular flexibility index (Phi) is 6.78. The van der Waals surface area contributed by atoms with Crippen LogP contribution < -0.4 is 9.64 Å². The van der Waals surface area contributed by atoms with Crippen LogP contribution in [0.3, 0.4) is 0 Å². The second kappa shape index (κ2) is 9.04. The summed E-state index contributed by atoms with van der Waals surface area (Å²) in [5, 5.41) is 0. The molecule has 0 heterocycles. The third kappa shape index (κ3) is 5.09. The average Bonchev–Trinajstić information content (AvgIpc) is 2.64. The first-order valence-corrected chi connectivity index (χ1v) is 8.68. The smallest absolute Gasteiger partial charge is 0.243 e. The van der Waals surface area contributed by atoms with Gasteiger partial charge < -0.3 is 14.5 Å². The molecule has 0 saturated heterocycles. The highest BCUT2D eigenvalue weighted by Gasteiger charge is 2.23. The minimum absolute atomic E-state index is 0.00643. The van der Waals surface area contributed by atoms with E-state index in [9.17, 15) is 9.59 Å². The molecule has 2 aromatic carbocycles. The van der Waals surface area contributed by atoms with Crippen molar-refractivity contribution >= 4 is 17.5 Å². The summed E-state index contributed by atoms with van der Waals surface area (Å²) in [6, 6.07) is 17.0. The van der Waals surface area contributed by atoms with E-state index in [1.165, 1.54) is 11.8 Å². The molecule has 5 heteroatoms. The molecule has 0 atom stereocenters. The largest absolute Gasteiger partial charge is 0.497 e. The van der Waals surface area contributed by atoms with Gasteiger partial charge in [0.15, 0.2) is 0 Å². The number of rotatable bonds is 7. The molecule has 5 nitrogen and oxygen atoms in total. The Bertz CT molecular complexity index is 744. The lowest BCUT2D eigenvalue weighted by Crippen LogP contribution is -2.44. The Morgan fingerprint density at radius 3 is 2.31 bits per heavy atom. The molecular weight excluding hydrogens is 328 g/mol. The maximum Gasteiger partial charge on any atom is 0.243 e. The zero-order valence-electron chi connectivity index (χ0n) is 15.8. The molecule has 0 fully saturated rings. The summed E-state index contributed by atoms with van der Waals surface area (Å²) in [6.45, 7) is 5.92. The zero-order valence-corrected chi connectivity index (χ0v) is 15.8. The Hall–Kier alpha value is -2.82. The quantitative estimate of drug-likeness (QED) is 0.765. The fourth-order valence-corrected chi connectivity index (χ4v) is 2.73. The van der Waals surface area contributed by atoms with Crippen LogP contribution in [0.1, 0.15) is 26.3 Å². The van der Waals surface area contributed by atoms with Crippen molar-refractivity contribution in [1.29, 1.82) is 0 Å². The van der Waals surface area contributed by atoms with Crippen LogP contribution in [0.4, 0.5) is 5.69 Å². The van der Waals surface area contributed by atoms with Crippen molar-refractivity contribution in [3.63, 3.8) is 0 Å². The number of methoxy groups -OCH3 is 1. The highest BCUT2D eigenvalue weighted by Crippen LogP contribution is 2.21. The van der Waals surface area contributed by atoms with E-state index in [0.717, 1.165) is 5.56 Å². The summed E-state index contributed by atoms with van der Waals surface area (Å²) in [6.07, 6.45) is 0. The summed E-state index contributed by atoms with van der Waals surface area (Å²) < 4.78 is 5.22. The van der Waals surface area contributed by atoms with Crippen LogP contribution in [0.5, 0.6) is 5.75 Å². The Balaban J connectivity index is 2.19. The maximum absolute atomic E-state index is 12.9. The Labute approximate surface area is 155 Å². The average molecular weight is 354 g/mol. The number of nitrogens with zero attached hydrogens (tertiary/aromatic N) is 2. The van der Waals surface area contributed by atoms with Gasteiger partial charge in [-0.15, -0.1) is 0 Å². The van der Waals surface area contributed by atoms with Gasteiger partial charge in [-0.1, -0.05) is 36.4 Å². The van der Waals surface area contributed by atoms with E-state index in [4.69, 9.17) is 4.74 Å². The molecule has 0 aliphatic rings. The van der Waals surface area contributed by atoms with Gasteiger partial charge in [0, 0.05) is 31.3 Å². The number of carbonyl (C=O) groups is 2. The second-order valence-electron chi connectivity index (χ2n) is 6.41. The Morgan fingerprint density at radius 2 is 1.73 bits per heavy atom. The van der Waals surface area contributed by atoms with Gasteiger partial charge >= 0.3 is 0 Å². The van der Waals surface area contributed by atoms with E-state index in [0.29, 0.717) is 18.0 Å². The lowest BCUT2D eigenvalue weighted by atomic mass is 10.2. The number of benzene rings is 2. The fourth-order valence-electron chi connectivity index (χ4n) is 2.73. The SMILES string of the molecule is COc1cccc(N(CC(=O)N(Cc2ccccc2)C(C)C)C(C)=O)c1. The van der Waals surface area contributed by atoms with Gasteiger partial charge in [-0.25, -0.2) is 0 Å². The molecule has 0 spiro atoms. The number of hydrogen-bond donors (Lipinski definition) is 0. The molecule has 0 aliphatic heterocycles. The predicted octanol–water partition coefficient (Wildman–Crippen LogP) is 3.49. The number of amides is 2. The normalized spacial score (nSPS) is 10.5. The van der Waals surface area contributed by atoms with Gasteiger partial charge in [0.05, 0.1) is 7.11 Å². The summed E-state index contributed by atoms with van der Waals surface area (Å²) in [5.41, 5.74) is 1.71. The molecular formula is C21H26N2O3. The molecule has 0 aromatic heterocycles. The summed E-state index contributed by atoms with van der Waals surface area (Å²) in [5.74, 6) is 0.364. The molecule has 0 saturated carbocycles. The van der Waals surface area contributed by atoms with E-state index in [1.807, 2.05) is 44.2 Å². The van der Waals surface area contributed by atoms with E-state index >= 15 is 0 Å². The molecule has 2 aromatic rings. The molecule has 2 rings (SSSR count). The van der Waals surface area contributed by atoms with Crippen LogP contribution in [0, 0.1) is 0 Å². The standard InChI is InChI=1S/C21H26N2O3/c1-16(2)22(14-18-9-6-5-7-10-18)21(25)15-23(17(3)24)19-11-8-12-20(13-19)26-4/h5-13,16H,14-15H2,1-4H3. The molecule has 2 amide bonds. The molecule has 0 aliphatic carbocycles. The number of carbonyl (C=O) groups excluding carboxylic acids is 2. The van der Waals surface area contributed by atoms with Crippen molar-refractivity contribution in [3.8, 4) is 5.75 Å². The summed E-state index contributed by atoms with van der Waals surface area (Å²) >= 11 is 0. The first-order chi connectivity index (χ1) is 12.4. The van der Waals surface area contributed by atoms with Crippen molar-refractivity contribution in [3.05, 3.63) is 60.2 Å². The highest BCUT2D eigenvalue weighted by molar-refractivity contribution is 5.97. The Morgan fingerprint density at radius 1 is 1.04 bits per heavy atom. The van der Waals surface area contributed by atoms with Crippen LogP contribution in [-0.2, 0) is 16.1 Å². The van der Waals surface area contributed by atoms with Crippen LogP contribution >= 0.6 is 0 Å². The first kappa shape index (κ1) is 19.5. The lowest BCUT2D eigenvalue weighted by Gasteiger charge is -2.30. The monoisotopic (exact) mass is 354 g/mol. The van der Waals surface area contributed by atoms with Gasteiger partial charge in [-0.2, -0.15) is 0 Å². The maximum atomic E-state index is 12.9. The van der Waals surface area contributed by atoms with Crippen LogP contribution in [0.25, 0.3) is 0 Å². The molecule has 0 N–H and O–H groups in total. The van der Waals surface area contributed by atoms with Gasteiger partial charge in [0.1, 0.15) is 12.3 Å². The third-order valence-electron chi connectivity index (χ3n) is 4.18. The molecule has 138 valence electrons. The van der Waals surface area contributed by atoms with Crippen molar-refractivity contribution in [2.45, 2.75) is 33.4 Å². The highest BCUT2D eigenvalue weighted by atomic mass is 16.5. The second-order valence-corrected chi connectivity index (χ2v) is 6.41. The topological polar surface area (TPSA) is 49.9 Å². The summed E-state index contributed by atoms with van der Waals surface area (Å²) in [4.78, 5) is 28.3. The van der Waals surface area contributed by atoms with Crippen molar-refractivity contribution in [2.75, 3.05) is 18.6 Å². The van der Waals surface area contributed by atoms with Crippen molar-refractivity contribution in [2.24, 2.45) is 0 Å². The van der Waals surface area contributed by atoms with Crippen LogP contribution in [-0.4, -0.2) is 36.4 Å². The van der Waals surface area contributed by atoms with Crippen molar-refractivity contribution < 1.29 is 14.3 Å². The molecule has 0 unspecified atom stereocenters. The van der Waals surface area contributed by atoms with E-state index < -0.39 is 0 Å². The molecule has 26 heavy (non-hydrogen) atoms. The van der Waals surface area contributed by atoms with Gasteiger partial charge in [0.25, 0.3) is 0 Å². The van der Waals surface area contributed by atoms with E-state index in [-0.39, 0.29) is 24.4 Å². The van der Waals surface area contributed by atoms with Gasteiger partial charge in [-0.3, -0.25) is 9.59 Å². The minimum Gasteiger partial charge on any atom is -0.497 e. The summed E-state index contributed by atoms with van der Waals surface area (Å²) in [7, 11) is 1.57. The number of anilines is 1. The first-order valence-electron chi connectivity index (χ1n) is 8.68. The van der Waals surface area contributed by atoms with Crippen LogP contribution in [0.15, 0.2) is 54.6 Å². The van der Waals surface area contributed by atoms with Gasteiger partial charge in [-0.05, 0) is 31.5 Å². The number of ether oxygens (including phenoxy) is 1. The van der Waals surface area contributed by atoms with E-state index in [2.05, 4.69) is 0 Å². The van der Waals surface area contributed by atoms with E-state index in [1.54, 1.807) is 36.3 Å². The number of hydrogen-bond acceptors (Lipinski definition) is 3. The fraction of sp³-hybridized carbons (Fsp3) is 0.333. The minimum atomic E-state index is -0.185. The van der Waals surface area contributed by atoms with Gasteiger partial charge in [0.2, 0.25) is 11.8 Å². The van der Waals surface area contributed by atoms with Crippen molar-refractivity contribution in [1.82, 2.24) is 4.90 Å². The predicted molar refractivity (Wildman–Crippen MR) is 103 cm³/mol. The van der Waals surface area contributed by atoms with Crippen LogP contribution in [0.2, 0.25) is 0 Å². The molecule has 0 bridgehead atoms. The zero-order chi connectivity index (χ0) is 19.1. The molecule has 0 radical (unpaired) electrons. The lowest BCUT2D eigenvalue weighted by molar-refractivity contribution is -0.133. The third-order valence-corrected chi connectivity index (χ3v) is 4.18.